The van der Waals surface area contributed by atoms with Gasteiger partial charge in [0.05, 0.1) is 68.1 Å². The second-order valence-corrected chi connectivity index (χ2v) is 14.1. The first-order valence-electron chi connectivity index (χ1n) is 18.8. The number of unbranched alkanes of at least 4 members (excludes halogenated alkanes) is 2. The predicted octanol–water partition coefficient (Wildman–Crippen LogP) is 4.81. The van der Waals surface area contributed by atoms with Crippen molar-refractivity contribution in [3.8, 4) is 23.0 Å². The molecule has 4 amide bonds. The Morgan fingerprint density at radius 1 is 0.712 bits per heavy atom. The molecule has 6 rings (SSSR count). The summed E-state index contributed by atoms with van der Waals surface area (Å²) in [5, 5.41) is 10.3. The third-order valence-electron chi connectivity index (χ3n) is 10.5. The SMILES string of the molecule is CCCC(=O)N1CC2CCCN2C(=O)c2cc(OC)c(OCCCCCOc3cc4c(cc3OC)C(=O)N3CC(O)CC3CN4C(=O)CCC)cc21. The van der Waals surface area contributed by atoms with E-state index < -0.39 is 6.10 Å². The van der Waals surface area contributed by atoms with Gasteiger partial charge in [-0.05, 0) is 63.5 Å². The Balaban J connectivity index is 1.09. The van der Waals surface area contributed by atoms with Crippen molar-refractivity contribution in [1.82, 2.24) is 9.80 Å². The molecule has 4 aliphatic heterocycles. The standard InChI is InChI=1S/C39H52N4O9/c1-5-11-36(45)42-22-25-13-10-14-40(25)38(47)28-18-32(49-3)34(20-30(28)42)51-15-8-7-9-16-52-35-21-31-29(19-33(35)50-4)39(48)41-24-27(44)17-26(41)23-43(31)37(46)12-6-2/h18-21,25-27,44H,5-17,22-24H2,1-4H3. The van der Waals surface area contributed by atoms with E-state index in [1.807, 2.05) is 18.7 Å². The van der Waals surface area contributed by atoms with E-state index in [4.69, 9.17) is 18.9 Å². The first-order chi connectivity index (χ1) is 25.2. The van der Waals surface area contributed by atoms with Gasteiger partial charge in [-0.3, -0.25) is 19.2 Å². The Morgan fingerprint density at radius 2 is 1.23 bits per heavy atom. The van der Waals surface area contributed by atoms with Crippen molar-refractivity contribution in [3.63, 3.8) is 0 Å². The third-order valence-corrected chi connectivity index (χ3v) is 10.5. The van der Waals surface area contributed by atoms with Crippen molar-refractivity contribution in [2.45, 2.75) is 96.2 Å². The van der Waals surface area contributed by atoms with Crippen LogP contribution in [0.2, 0.25) is 0 Å². The topological polar surface area (TPSA) is 138 Å². The van der Waals surface area contributed by atoms with E-state index in [1.54, 1.807) is 46.1 Å². The van der Waals surface area contributed by atoms with Crippen molar-refractivity contribution in [2.24, 2.45) is 0 Å². The van der Waals surface area contributed by atoms with Gasteiger partial charge in [0.25, 0.3) is 11.8 Å². The van der Waals surface area contributed by atoms with Crippen LogP contribution in [-0.4, -0.2) is 110 Å². The molecule has 13 heteroatoms. The largest absolute Gasteiger partial charge is 0.493 e. The fourth-order valence-corrected chi connectivity index (χ4v) is 7.88. The Labute approximate surface area is 305 Å². The van der Waals surface area contributed by atoms with Crippen LogP contribution in [0.1, 0.15) is 98.8 Å². The molecule has 282 valence electrons. The summed E-state index contributed by atoms with van der Waals surface area (Å²) in [6.45, 7) is 6.41. The van der Waals surface area contributed by atoms with Crippen molar-refractivity contribution in [2.75, 3.05) is 63.4 Å². The minimum absolute atomic E-state index is 0.000398. The normalized spacial score (nSPS) is 20.8. The highest BCUT2D eigenvalue weighted by atomic mass is 16.5. The van der Waals surface area contributed by atoms with Crippen LogP contribution in [0, 0.1) is 0 Å². The van der Waals surface area contributed by atoms with E-state index in [0.29, 0.717) is 110 Å². The minimum Gasteiger partial charge on any atom is -0.493 e. The molecule has 0 saturated carbocycles. The molecule has 2 aromatic carbocycles. The predicted molar refractivity (Wildman–Crippen MR) is 195 cm³/mol. The number of rotatable bonds is 14. The maximum atomic E-state index is 13.6. The number of carbonyl (C=O) groups excluding carboxylic acids is 4. The van der Waals surface area contributed by atoms with E-state index in [2.05, 4.69) is 0 Å². The molecule has 0 aliphatic carbocycles. The average Bonchev–Trinajstić information content (AvgIpc) is 3.72. The number of amides is 4. The fourth-order valence-electron chi connectivity index (χ4n) is 7.88. The molecule has 3 unspecified atom stereocenters. The molecule has 4 heterocycles. The molecular weight excluding hydrogens is 668 g/mol. The first-order valence-corrected chi connectivity index (χ1v) is 18.8. The molecule has 0 aromatic heterocycles. The van der Waals surface area contributed by atoms with Gasteiger partial charge in [0.1, 0.15) is 0 Å². The maximum Gasteiger partial charge on any atom is 0.256 e. The summed E-state index contributed by atoms with van der Waals surface area (Å²) in [5.74, 6) is 1.41. The zero-order chi connectivity index (χ0) is 36.9. The van der Waals surface area contributed by atoms with Gasteiger partial charge in [-0.15, -0.1) is 0 Å². The highest BCUT2D eigenvalue weighted by molar-refractivity contribution is 6.08. The molecule has 0 spiro atoms. The summed E-state index contributed by atoms with van der Waals surface area (Å²) in [6, 6.07) is 6.60. The monoisotopic (exact) mass is 720 g/mol. The number of aliphatic hydroxyl groups is 1. The van der Waals surface area contributed by atoms with Gasteiger partial charge in [0, 0.05) is 51.2 Å². The summed E-state index contributed by atoms with van der Waals surface area (Å²) in [7, 11) is 3.06. The molecule has 0 radical (unpaired) electrons. The molecule has 4 aliphatic rings. The van der Waals surface area contributed by atoms with Crippen LogP contribution >= 0.6 is 0 Å². The van der Waals surface area contributed by atoms with Crippen molar-refractivity contribution >= 4 is 35.0 Å². The van der Waals surface area contributed by atoms with Gasteiger partial charge < -0.3 is 43.7 Å². The van der Waals surface area contributed by atoms with Gasteiger partial charge in [0.15, 0.2) is 23.0 Å². The Morgan fingerprint density at radius 3 is 1.75 bits per heavy atom. The zero-order valence-electron chi connectivity index (χ0n) is 30.9. The van der Waals surface area contributed by atoms with Crippen LogP contribution in [0.25, 0.3) is 0 Å². The number of nitrogens with zero attached hydrogens (tertiary/aromatic N) is 4. The highest BCUT2D eigenvalue weighted by Gasteiger charge is 2.42. The van der Waals surface area contributed by atoms with Crippen molar-refractivity contribution < 1.29 is 43.2 Å². The Bertz CT molecular complexity index is 1660. The number of aliphatic hydroxyl groups excluding tert-OH is 1. The molecule has 0 bridgehead atoms. The molecule has 13 nitrogen and oxygen atoms in total. The second-order valence-electron chi connectivity index (χ2n) is 14.1. The van der Waals surface area contributed by atoms with E-state index in [1.165, 1.54) is 7.11 Å². The third kappa shape index (κ3) is 7.51. The molecule has 2 aromatic rings. The van der Waals surface area contributed by atoms with Crippen LogP contribution in [0.3, 0.4) is 0 Å². The molecule has 2 fully saturated rings. The van der Waals surface area contributed by atoms with Gasteiger partial charge in [-0.2, -0.15) is 0 Å². The van der Waals surface area contributed by atoms with Gasteiger partial charge >= 0.3 is 0 Å². The van der Waals surface area contributed by atoms with Crippen molar-refractivity contribution in [3.05, 3.63) is 35.4 Å². The molecule has 2 saturated heterocycles. The zero-order valence-corrected chi connectivity index (χ0v) is 30.9. The molecule has 52 heavy (non-hydrogen) atoms. The van der Waals surface area contributed by atoms with E-state index in [9.17, 15) is 24.3 Å². The Kier molecular flexibility index (Phi) is 11.8. The summed E-state index contributed by atoms with van der Waals surface area (Å²) in [6.07, 6.45) is 5.97. The first kappa shape index (κ1) is 37.2. The quantitative estimate of drug-likeness (QED) is 0.273. The molecule has 1 N–H and O–H groups in total. The maximum absolute atomic E-state index is 13.6. The highest BCUT2D eigenvalue weighted by Crippen LogP contribution is 2.41. The molecule has 3 atom stereocenters. The minimum atomic E-state index is -0.617. The summed E-state index contributed by atoms with van der Waals surface area (Å²) < 4.78 is 23.6. The number of hydrogen-bond donors (Lipinski definition) is 1. The number of hydrogen-bond acceptors (Lipinski definition) is 9. The van der Waals surface area contributed by atoms with Crippen LogP contribution in [-0.2, 0) is 9.59 Å². The van der Waals surface area contributed by atoms with Crippen molar-refractivity contribution in [1.29, 1.82) is 0 Å². The van der Waals surface area contributed by atoms with Crippen LogP contribution in [0.4, 0.5) is 11.4 Å². The van der Waals surface area contributed by atoms with Gasteiger partial charge in [0.2, 0.25) is 11.8 Å². The van der Waals surface area contributed by atoms with Crippen LogP contribution < -0.4 is 28.7 Å². The summed E-state index contributed by atoms with van der Waals surface area (Å²) >= 11 is 0. The number of methoxy groups -OCH3 is 2. The van der Waals surface area contributed by atoms with Crippen LogP contribution in [0.5, 0.6) is 23.0 Å². The average molecular weight is 721 g/mol. The lowest BCUT2D eigenvalue weighted by Gasteiger charge is -2.26. The number of benzene rings is 2. The van der Waals surface area contributed by atoms with E-state index >= 15 is 0 Å². The smallest absolute Gasteiger partial charge is 0.256 e. The number of ether oxygens (including phenoxy) is 4. The lowest BCUT2D eigenvalue weighted by atomic mass is 10.1. The fraction of sp³-hybridized carbons (Fsp3) is 0.590. The number of anilines is 2. The van der Waals surface area contributed by atoms with E-state index in [0.717, 1.165) is 32.1 Å². The Hall–Kier alpha value is -4.52. The van der Waals surface area contributed by atoms with E-state index in [-0.39, 0.29) is 42.3 Å². The number of fused-ring (bicyclic) bond motifs is 4. The van der Waals surface area contributed by atoms with Crippen LogP contribution in [0.15, 0.2) is 24.3 Å². The second kappa shape index (κ2) is 16.4. The van der Waals surface area contributed by atoms with Gasteiger partial charge in [-0.1, -0.05) is 13.8 Å². The lowest BCUT2D eigenvalue weighted by molar-refractivity contribution is -0.119. The summed E-state index contributed by atoms with van der Waals surface area (Å²) in [4.78, 5) is 60.7. The van der Waals surface area contributed by atoms with Gasteiger partial charge in [-0.25, -0.2) is 0 Å². The number of carbonyl (C=O) groups is 4. The molecular formula is C39H52N4O9. The summed E-state index contributed by atoms with van der Waals surface area (Å²) in [5.41, 5.74) is 1.90. The lowest BCUT2D eigenvalue weighted by Crippen LogP contribution is -2.42.